The van der Waals surface area contributed by atoms with Crippen molar-refractivity contribution in [2.45, 2.75) is 13.3 Å². The van der Waals surface area contributed by atoms with Gasteiger partial charge in [-0.2, -0.15) is 0 Å². The van der Waals surface area contributed by atoms with Crippen LogP contribution in [0.3, 0.4) is 0 Å². The van der Waals surface area contributed by atoms with Crippen molar-refractivity contribution in [2.75, 3.05) is 0 Å². The van der Waals surface area contributed by atoms with Crippen LogP contribution in [0.25, 0.3) is 11.0 Å². The summed E-state index contributed by atoms with van der Waals surface area (Å²) in [6.07, 6.45) is 0.803. The third-order valence-corrected chi connectivity index (χ3v) is 2.41. The minimum Gasteiger partial charge on any atom is -0.475 e. The lowest BCUT2D eigenvalue weighted by Gasteiger charge is -2.01. The van der Waals surface area contributed by atoms with E-state index in [4.69, 9.17) is 9.52 Å². The second-order valence-corrected chi connectivity index (χ2v) is 3.46. The van der Waals surface area contributed by atoms with Gasteiger partial charge in [0.15, 0.2) is 5.43 Å². The fourth-order valence-electron chi connectivity index (χ4n) is 1.52. The van der Waals surface area contributed by atoms with E-state index in [2.05, 4.69) is 0 Å². The number of carbonyl (C=O) groups is 1. The number of fused-ring (bicyclic) bond motifs is 1. The highest BCUT2D eigenvalue weighted by atomic mass is 16.4. The maximum absolute atomic E-state index is 11.6. The average molecular weight is 218 g/mol. The van der Waals surface area contributed by atoms with Crippen LogP contribution in [0.2, 0.25) is 0 Å². The summed E-state index contributed by atoms with van der Waals surface area (Å²) in [6.45, 7) is 1.97. The van der Waals surface area contributed by atoms with Crippen molar-refractivity contribution >= 4 is 16.9 Å². The summed E-state index contributed by atoms with van der Waals surface area (Å²) >= 11 is 0. The zero-order chi connectivity index (χ0) is 11.7. The predicted octanol–water partition coefficient (Wildman–Crippen LogP) is 2.05. The van der Waals surface area contributed by atoms with Gasteiger partial charge >= 0.3 is 5.97 Å². The molecule has 0 aliphatic rings. The summed E-state index contributed by atoms with van der Waals surface area (Å²) in [7, 11) is 0. The molecule has 0 aliphatic heterocycles. The molecule has 4 heteroatoms. The molecule has 0 fully saturated rings. The van der Waals surface area contributed by atoms with Gasteiger partial charge in [0.05, 0.1) is 5.39 Å². The fraction of sp³-hybridized carbons (Fsp3) is 0.167. The van der Waals surface area contributed by atoms with Crippen molar-refractivity contribution in [3.05, 3.63) is 45.8 Å². The Morgan fingerprint density at radius 1 is 1.38 bits per heavy atom. The summed E-state index contributed by atoms with van der Waals surface area (Å²) in [5.74, 6) is -1.56. The first-order valence-corrected chi connectivity index (χ1v) is 4.92. The quantitative estimate of drug-likeness (QED) is 0.837. The molecule has 1 heterocycles. The standard InChI is InChI=1S/C12H10O4/c1-2-7-3-4-8-9(13)6-11(12(14)15)16-10(8)5-7/h3-6H,2H2,1H3,(H,14,15). The monoisotopic (exact) mass is 218 g/mol. The van der Waals surface area contributed by atoms with Gasteiger partial charge in [0, 0.05) is 6.07 Å². The molecule has 16 heavy (non-hydrogen) atoms. The molecule has 0 amide bonds. The van der Waals surface area contributed by atoms with Crippen molar-refractivity contribution in [2.24, 2.45) is 0 Å². The van der Waals surface area contributed by atoms with Gasteiger partial charge in [0.2, 0.25) is 5.76 Å². The van der Waals surface area contributed by atoms with E-state index in [1.165, 1.54) is 0 Å². The zero-order valence-corrected chi connectivity index (χ0v) is 8.69. The normalized spacial score (nSPS) is 10.6. The predicted molar refractivity (Wildman–Crippen MR) is 58.8 cm³/mol. The Hall–Kier alpha value is -2.10. The number of rotatable bonds is 2. The van der Waals surface area contributed by atoms with Crippen molar-refractivity contribution < 1.29 is 14.3 Å². The molecule has 2 aromatic rings. The van der Waals surface area contributed by atoms with Gasteiger partial charge in [-0.3, -0.25) is 4.79 Å². The third kappa shape index (κ3) is 1.69. The van der Waals surface area contributed by atoms with E-state index in [1.54, 1.807) is 12.1 Å². The zero-order valence-electron chi connectivity index (χ0n) is 8.69. The van der Waals surface area contributed by atoms with Crippen LogP contribution >= 0.6 is 0 Å². The van der Waals surface area contributed by atoms with E-state index in [-0.39, 0.29) is 11.2 Å². The lowest BCUT2D eigenvalue weighted by molar-refractivity contribution is 0.0663. The summed E-state index contributed by atoms with van der Waals surface area (Å²) in [5, 5.41) is 9.17. The van der Waals surface area contributed by atoms with Gasteiger partial charge in [0.25, 0.3) is 0 Å². The van der Waals surface area contributed by atoms with Crippen LogP contribution in [0.1, 0.15) is 23.0 Å². The lowest BCUT2D eigenvalue weighted by Crippen LogP contribution is -2.06. The van der Waals surface area contributed by atoms with Gasteiger partial charge < -0.3 is 9.52 Å². The molecule has 4 nitrogen and oxygen atoms in total. The molecule has 82 valence electrons. The van der Waals surface area contributed by atoms with Crippen LogP contribution in [0.5, 0.6) is 0 Å². The van der Waals surface area contributed by atoms with Crippen molar-refractivity contribution in [1.82, 2.24) is 0 Å². The highest BCUT2D eigenvalue weighted by Gasteiger charge is 2.10. The number of carboxylic acid groups (broad SMARTS) is 1. The van der Waals surface area contributed by atoms with Gasteiger partial charge in [-0.25, -0.2) is 4.79 Å². The Morgan fingerprint density at radius 2 is 2.12 bits per heavy atom. The summed E-state index contributed by atoms with van der Waals surface area (Å²) in [4.78, 5) is 22.3. The molecule has 0 radical (unpaired) electrons. The molecular weight excluding hydrogens is 208 g/mol. The topological polar surface area (TPSA) is 67.5 Å². The molecular formula is C12H10O4. The van der Waals surface area contributed by atoms with Crippen molar-refractivity contribution in [1.29, 1.82) is 0 Å². The molecule has 0 saturated heterocycles. The molecule has 1 aromatic carbocycles. The summed E-state index contributed by atoms with van der Waals surface area (Å²) in [5.41, 5.74) is 0.990. The number of hydrogen-bond acceptors (Lipinski definition) is 3. The second-order valence-electron chi connectivity index (χ2n) is 3.46. The maximum Gasteiger partial charge on any atom is 0.371 e. The first-order chi connectivity index (χ1) is 7.61. The molecule has 0 atom stereocenters. The highest BCUT2D eigenvalue weighted by Crippen LogP contribution is 2.15. The molecule has 0 unspecified atom stereocenters. The van der Waals surface area contributed by atoms with Gasteiger partial charge in [-0.15, -0.1) is 0 Å². The Morgan fingerprint density at radius 3 is 2.75 bits per heavy atom. The molecule has 0 aliphatic carbocycles. The van der Waals surface area contributed by atoms with Crippen LogP contribution in [0, 0.1) is 0 Å². The minimum absolute atomic E-state index is 0.323. The molecule has 0 spiro atoms. The number of aromatic carboxylic acids is 1. The Balaban J connectivity index is 2.78. The smallest absolute Gasteiger partial charge is 0.371 e. The maximum atomic E-state index is 11.6. The molecule has 1 aromatic heterocycles. The van der Waals surface area contributed by atoms with Crippen LogP contribution in [0.15, 0.2) is 33.5 Å². The first-order valence-electron chi connectivity index (χ1n) is 4.92. The first kappa shape index (κ1) is 10.4. The number of aryl methyl sites for hydroxylation is 1. The SMILES string of the molecule is CCc1ccc2c(=O)cc(C(=O)O)oc2c1. The van der Waals surface area contributed by atoms with E-state index < -0.39 is 5.97 Å². The minimum atomic E-state index is -1.24. The number of hydrogen-bond donors (Lipinski definition) is 1. The van der Waals surface area contributed by atoms with Crippen molar-refractivity contribution in [3.63, 3.8) is 0 Å². The molecule has 2 rings (SSSR count). The van der Waals surface area contributed by atoms with E-state index in [9.17, 15) is 9.59 Å². The van der Waals surface area contributed by atoms with Gasteiger partial charge in [0.1, 0.15) is 5.58 Å². The van der Waals surface area contributed by atoms with Crippen LogP contribution < -0.4 is 5.43 Å². The van der Waals surface area contributed by atoms with Crippen LogP contribution in [0.4, 0.5) is 0 Å². The van der Waals surface area contributed by atoms with Crippen LogP contribution in [-0.4, -0.2) is 11.1 Å². The summed E-state index contributed by atoms with van der Waals surface area (Å²) in [6, 6.07) is 6.19. The van der Waals surface area contributed by atoms with E-state index in [1.807, 2.05) is 13.0 Å². The molecule has 0 bridgehead atoms. The Labute approximate surface area is 91.1 Å². The fourth-order valence-corrected chi connectivity index (χ4v) is 1.52. The summed E-state index contributed by atoms with van der Waals surface area (Å²) < 4.78 is 5.15. The van der Waals surface area contributed by atoms with Gasteiger partial charge in [-0.05, 0) is 24.1 Å². The average Bonchev–Trinajstić information content (AvgIpc) is 2.28. The molecule has 1 N–H and O–H groups in total. The number of carboxylic acids is 1. The Kier molecular flexibility index (Phi) is 2.48. The van der Waals surface area contributed by atoms with E-state index >= 15 is 0 Å². The molecule has 0 saturated carbocycles. The Bertz CT molecular complexity index is 610. The van der Waals surface area contributed by atoms with E-state index in [0.717, 1.165) is 18.1 Å². The van der Waals surface area contributed by atoms with Crippen LogP contribution in [-0.2, 0) is 6.42 Å². The second kappa shape index (κ2) is 3.81. The third-order valence-electron chi connectivity index (χ3n) is 2.41. The van der Waals surface area contributed by atoms with Crippen molar-refractivity contribution in [3.8, 4) is 0 Å². The lowest BCUT2D eigenvalue weighted by atomic mass is 10.1. The number of benzene rings is 1. The van der Waals surface area contributed by atoms with Gasteiger partial charge in [-0.1, -0.05) is 13.0 Å². The largest absolute Gasteiger partial charge is 0.475 e. The highest BCUT2D eigenvalue weighted by molar-refractivity contribution is 5.87. The van der Waals surface area contributed by atoms with E-state index in [0.29, 0.717) is 11.0 Å².